The standard InChI is InChI=1S/C13H28N2O2/c1-4-17-13(16)9-7-5-6-8-11-15(3)12-10-14-2/h14H,4-12H2,1-3H3. The van der Waals surface area contributed by atoms with Gasteiger partial charge in [-0.25, -0.2) is 0 Å². The Hall–Kier alpha value is -0.610. The van der Waals surface area contributed by atoms with Gasteiger partial charge >= 0.3 is 5.97 Å². The molecule has 0 saturated carbocycles. The van der Waals surface area contributed by atoms with Crippen LogP contribution >= 0.6 is 0 Å². The number of carbonyl (C=O) groups excluding carboxylic acids is 1. The van der Waals surface area contributed by atoms with Crippen LogP contribution in [0.15, 0.2) is 0 Å². The third-order valence-corrected chi connectivity index (χ3v) is 2.72. The monoisotopic (exact) mass is 244 g/mol. The van der Waals surface area contributed by atoms with Crippen LogP contribution in [0.3, 0.4) is 0 Å². The van der Waals surface area contributed by atoms with Crippen molar-refractivity contribution in [2.45, 2.75) is 39.0 Å². The van der Waals surface area contributed by atoms with Crippen LogP contribution in [0.5, 0.6) is 0 Å². The minimum Gasteiger partial charge on any atom is -0.466 e. The summed E-state index contributed by atoms with van der Waals surface area (Å²) in [5.41, 5.74) is 0. The second kappa shape index (κ2) is 11.9. The van der Waals surface area contributed by atoms with Crippen LogP contribution in [0.1, 0.15) is 39.0 Å². The van der Waals surface area contributed by atoms with E-state index in [0.717, 1.165) is 32.5 Å². The minimum absolute atomic E-state index is 0.0568. The summed E-state index contributed by atoms with van der Waals surface area (Å²) >= 11 is 0. The average molecular weight is 244 g/mol. The molecule has 0 bridgehead atoms. The van der Waals surface area contributed by atoms with Crippen LogP contribution in [-0.4, -0.2) is 51.2 Å². The molecular weight excluding hydrogens is 216 g/mol. The number of hydrogen-bond donors (Lipinski definition) is 1. The molecule has 0 atom stereocenters. The van der Waals surface area contributed by atoms with Crippen molar-refractivity contribution in [3.63, 3.8) is 0 Å². The van der Waals surface area contributed by atoms with E-state index >= 15 is 0 Å². The number of rotatable bonds is 11. The molecule has 0 fully saturated rings. The smallest absolute Gasteiger partial charge is 0.305 e. The summed E-state index contributed by atoms with van der Waals surface area (Å²) in [5.74, 6) is -0.0568. The second-order valence-electron chi connectivity index (χ2n) is 4.38. The molecule has 0 radical (unpaired) electrons. The summed E-state index contributed by atoms with van der Waals surface area (Å²) in [4.78, 5) is 13.4. The van der Waals surface area contributed by atoms with Gasteiger partial charge in [-0.3, -0.25) is 4.79 Å². The molecule has 102 valence electrons. The molecular formula is C13H28N2O2. The molecule has 0 aliphatic rings. The third-order valence-electron chi connectivity index (χ3n) is 2.72. The number of likely N-dealkylation sites (N-methyl/N-ethyl adjacent to an activating group) is 2. The summed E-state index contributed by atoms with van der Waals surface area (Å²) in [7, 11) is 4.12. The average Bonchev–Trinajstić information content (AvgIpc) is 2.31. The summed E-state index contributed by atoms with van der Waals surface area (Å²) in [6, 6.07) is 0. The first-order valence-electron chi connectivity index (χ1n) is 6.69. The predicted molar refractivity (Wildman–Crippen MR) is 71.1 cm³/mol. The summed E-state index contributed by atoms with van der Waals surface area (Å²) in [5, 5.41) is 3.14. The van der Waals surface area contributed by atoms with Crippen molar-refractivity contribution in [2.24, 2.45) is 0 Å². The van der Waals surface area contributed by atoms with E-state index in [4.69, 9.17) is 4.74 Å². The molecule has 0 aromatic carbocycles. The molecule has 0 aromatic heterocycles. The van der Waals surface area contributed by atoms with Crippen molar-refractivity contribution in [1.82, 2.24) is 10.2 Å². The molecule has 0 aliphatic carbocycles. The van der Waals surface area contributed by atoms with Crippen molar-refractivity contribution < 1.29 is 9.53 Å². The number of esters is 1. The topological polar surface area (TPSA) is 41.6 Å². The van der Waals surface area contributed by atoms with E-state index in [9.17, 15) is 4.79 Å². The Morgan fingerprint density at radius 2 is 1.88 bits per heavy atom. The van der Waals surface area contributed by atoms with E-state index in [-0.39, 0.29) is 5.97 Å². The van der Waals surface area contributed by atoms with Crippen molar-refractivity contribution in [1.29, 1.82) is 0 Å². The maximum Gasteiger partial charge on any atom is 0.305 e. The molecule has 0 rings (SSSR count). The van der Waals surface area contributed by atoms with Gasteiger partial charge in [0.2, 0.25) is 0 Å². The number of nitrogens with zero attached hydrogens (tertiary/aromatic N) is 1. The van der Waals surface area contributed by atoms with Gasteiger partial charge in [-0.2, -0.15) is 0 Å². The SMILES string of the molecule is CCOC(=O)CCCCCCN(C)CCNC. The highest BCUT2D eigenvalue weighted by Crippen LogP contribution is 2.04. The van der Waals surface area contributed by atoms with Crippen molar-refractivity contribution in [2.75, 3.05) is 40.3 Å². The predicted octanol–water partition coefficient (Wildman–Crippen LogP) is 1.65. The fourth-order valence-corrected chi connectivity index (χ4v) is 1.65. The zero-order valence-corrected chi connectivity index (χ0v) is 11.6. The molecule has 17 heavy (non-hydrogen) atoms. The number of carbonyl (C=O) groups is 1. The Morgan fingerprint density at radius 3 is 2.53 bits per heavy atom. The van der Waals surface area contributed by atoms with Gasteiger partial charge in [0.25, 0.3) is 0 Å². The first kappa shape index (κ1) is 16.4. The number of ether oxygens (including phenoxy) is 1. The highest BCUT2D eigenvalue weighted by molar-refractivity contribution is 5.69. The Labute approximate surface area is 106 Å². The lowest BCUT2D eigenvalue weighted by Gasteiger charge is -2.15. The van der Waals surface area contributed by atoms with E-state index < -0.39 is 0 Å². The molecule has 0 saturated heterocycles. The third kappa shape index (κ3) is 11.6. The maximum atomic E-state index is 11.1. The summed E-state index contributed by atoms with van der Waals surface area (Å²) in [6.07, 6.45) is 5.06. The van der Waals surface area contributed by atoms with Crippen LogP contribution in [0.2, 0.25) is 0 Å². The normalized spacial score (nSPS) is 10.8. The molecule has 0 aliphatic heterocycles. The Morgan fingerprint density at radius 1 is 1.18 bits per heavy atom. The first-order chi connectivity index (χ1) is 8.20. The van der Waals surface area contributed by atoms with Gasteiger partial charge in [0, 0.05) is 19.5 Å². The highest BCUT2D eigenvalue weighted by Gasteiger charge is 2.01. The van der Waals surface area contributed by atoms with E-state index in [1.807, 2.05) is 14.0 Å². The van der Waals surface area contributed by atoms with Crippen molar-refractivity contribution in [3.8, 4) is 0 Å². The molecule has 0 amide bonds. The van der Waals surface area contributed by atoms with Gasteiger partial charge < -0.3 is 15.0 Å². The molecule has 0 unspecified atom stereocenters. The van der Waals surface area contributed by atoms with Crippen LogP contribution in [-0.2, 0) is 9.53 Å². The van der Waals surface area contributed by atoms with Gasteiger partial charge in [0.05, 0.1) is 6.61 Å². The molecule has 0 heterocycles. The molecule has 0 spiro atoms. The number of hydrogen-bond acceptors (Lipinski definition) is 4. The molecule has 0 aromatic rings. The van der Waals surface area contributed by atoms with Gasteiger partial charge in [-0.15, -0.1) is 0 Å². The Bertz CT molecular complexity index is 186. The zero-order valence-electron chi connectivity index (χ0n) is 11.6. The summed E-state index contributed by atoms with van der Waals surface area (Å²) in [6.45, 7) is 5.62. The van der Waals surface area contributed by atoms with Gasteiger partial charge in [0.15, 0.2) is 0 Å². The minimum atomic E-state index is -0.0568. The molecule has 4 heteroatoms. The van der Waals surface area contributed by atoms with Crippen molar-refractivity contribution in [3.05, 3.63) is 0 Å². The lowest BCUT2D eigenvalue weighted by molar-refractivity contribution is -0.143. The van der Waals surface area contributed by atoms with Crippen LogP contribution < -0.4 is 5.32 Å². The highest BCUT2D eigenvalue weighted by atomic mass is 16.5. The van der Waals surface area contributed by atoms with E-state index in [0.29, 0.717) is 13.0 Å². The number of nitrogens with one attached hydrogen (secondary N) is 1. The van der Waals surface area contributed by atoms with E-state index in [1.165, 1.54) is 12.8 Å². The quantitative estimate of drug-likeness (QED) is 0.443. The lowest BCUT2D eigenvalue weighted by atomic mass is 10.1. The summed E-state index contributed by atoms with van der Waals surface area (Å²) < 4.78 is 4.88. The fourth-order valence-electron chi connectivity index (χ4n) is 1.65. The van der Waals surface area contributed by atoms with Gasteiger partial charge in [-0.05, 0) is 40.4 Å². The van der Waals surface area contributed by atoms with Gasteiger partial charge in [0.1, 0.15) is 0 Å². The number of unbranched alkanes of at least 4 members (excludes halogenated alkanes) is 3. The molecule has 4 nitrogen and oxygen atoms in total. The van der Waals surface area contributed by atoms with Crippen LogP contribution in [0.25, 0.3) is 0 Å². The van der Waals surface area contributed by atoms with Crippen LogP contribution in [0, 0.1) is 0 Å². The zero-order chi connectivity index (χ0) is 12.9. The Balaban J connectivity index is 3.20. The van der Waals surface area contributed by atoms with E-state index in [1.54, 1.807) is 0 Å². The van der Waals surface area contributed by atoms with Crippen LogP contribution in [0.4, 0.5) is 0 Å². The molecule has 1 N–H and O–H groups in total. The Kier molecular flexibility index (Phi) is 11.4. The lowest BCUT2D eigenvalue weighted by Crippen LogP contribution is -2.28. The van der Waals surface area contributed by atoms with Crippen molar-refractivity contribution >= 4 is 5.97 Å². The second-order valence-corrected chi connectivity index (χ2v) is 4.38. The first-order valence-corrected chi connectivity index (χ1v) is 6.69. The van der Waals surface area contributed by atoms with E-state index in [2.05, 4.69) is 17.3 Å². The fraction of sp³-hybridized carbons (Fsp3) is 0.923. The van der Waals surface area contributed by atoms with Gasteiger partial charge in [-0.1, -0.05) is 12.8 Å². The largest absolute Gasteiger partial charge is 0.466 e. The maximum absolute atomic E-state index is 11.1.